The highest BCUT2D eigenvalue weighted by atomic mass is 32.1. The van der Waals surface area contributed by atoms with Crippen LogP contribution in [0.3, 0.4) is 0 Å². The molecular weight excluding hydrogens is 426 g/mol. The lowest BCUT2D eigenvalue weighted by molar-refractivity contribution is -0.131. The fourth-order valence-corrected chi connectivity index (χ4v) is 4.38. The Morgan fingerprint density at radius 1 is 1.12 bits per heavy atom. The van der Waals surface area contributed by atoms with Gasteiger partial charge in [-0.25, -0.2) is 0 Å². The number of nitrogens with zero attached hydrogens (tertiary/aromatic N) is 4. The van der Waals surface area contributed by atoms with Crippen LogP contribution in [-0.4, -0.2) is 71.0 Å². The number of amides is 2. The summed E-state index contributed by atoms with van der Waals surface area (Å²) in [5.41, 5.74) is 1.50. The van der Waals surface area contributed by atoms with Crippen molar-refractivity contribution in [1.82, 2.24) is 25.3 Å². The van der Waals surface area contributed by atoms with Gasteiger partial charge in [-0.3, -0.25) is 14.5 Å². The monoisotopic (exact) mass is 453 g/mol. The van der Waals surface area contributed by atoms with E-state index in [-0.39, 0.29) is 18.4 Å². The number of hydrogen-bond acceptors (Lipinski definition) is 7. The fourth-order valence-electron chi connectivity index (χ4n) is 3.73. The highest BCUT2D eigenvalue weighted by Crippen LogP contribution is 2.21. The largest absolute Gasteiger partial charge is 0.343 e. The molecule has 0 bridgehead atoms. The van der Waals surface area contributed by atoms with Gasteiger partial charge in [-0.2, -0.15) is 4.98 Å². The summed E-state index contributed by atoms with van der Waals surface area (Å²) in [5, 5.41) is 8.78. The van der Waals surface area contributed by atoms with Gasteiger partial charge in [-0.1, -0.05) is 29.4 Å². The highest BCUT2D eigenvalue weighted by Gasteiger charge is 2.21. The molecule has 168 valence electrons. The van der Waals surface area contributed by atoms with Gasteiger partial charge in [0.15, 0.2) is 0 Å². The minimum atomic E-state index is -0.210. The van der Waals surface area contributed by atoms with Gasteiger partial charge in [-0.15, -0.1) is 11.3 Å². The molecule has 1 saturated heterocycles. The molecule has 4 rings (SSSR count). The van der Waals surface area contributed by atoms with Crippen molar-refractivity contribution < 1.29 is 14.1 Å². The molecule has 0 radical (unpaired) electrons. The molecule has 9 heteroatoms. The minimum absolute atomic E-state index is 0.0247. The Labute approximate surface area is 191 Å². The molecule has 0 atom stereocenters. The summed E-state index contributed by atoms with van der Waals surface area (Å²) in [6.45, 7) is 5.81. The van der Waals surface area contributed by atoms with Gasteiger partial charge in [-0.05, 0) is 43.0 Å². The van der Waals surface area contributed by atoms with Gasteiger partial charge in [0, 0.05) is 38.2 Å². The summed E-state index contributed by atoms with van der Waals surface area (Å²) in [4.78, 5) is 34.4. The molecule has 0 unspecified atom stereocenters. The molecule has 1 fully saturated rings. The predicted molar refractivity (Wildman–Crippen MR) is 122 cm³/mol. The summed E-state index contributed by atoms with van der Waals surface area (Å²) < 4.78 is 5.35. The lowest BCUT2D eigenvalue weighted by Crippen LogP contribution is -2.51. The van der Waals surface area contributed by atoms with E-state index in [2.05, 4.69) is 20.4 Å². The van der Waals surface area contributed by atoms with E-state index in [4.69, 9.17) is 4.52 Å². The van der Waals surface area contributed by atoms with Gasteiger partial charge in [0.2, 0.25) is 17.6 Å². The normalized spacial score (nSPS) is 14.5. The maximum absolute atomic E-state index is 12.5. The van der Waals surface area contributed by atoms with Crippen molar-refractivity contribution in [1.29, 1.82) is 0 Å². The Bertz CT molecular complexity index is 1040. The minimum Gasteiger partial charge on any atom is -0.343 e. The second-order valence-corrected chi connectivity index (χ2v) is 8.76. The van der Waals surface area contributed by atoms with E-state index in [1.165, 1.54) is 0 Å². The third kappa shape index (κ3) is 5.60. The van der Waals surface area contributed by atoms with E-state index in [9.17, 15) is 9.59 Å². The standard InChI is InChI=1S/C23H27N5O3S/c1-17-6-2-3-7-18(17)23(30)24-16-21(29)28-13-11-27(12-14-28)10-4-9-20-25-22(26-31-20)19-8-5-15-32-19/h2-3,5-8,15H,4,9-14,16H2,1H3,(H,24,30). The van der Waals surface area contributed by atoms with Gasteiger partial charge < -0.3 is 14.7 Å². The molecule has 1 aliphatic rings. The van der Waals surface area contributed by atoms with Crippen molar-refractivity contribution in [3.05, 3.63) is 58.8 Å². The summed E-state index contributed by atoms with van der Waals surface area (Å²) in [7, 11) is 0. The Morgan fingerprint density at radius 2 is 1.94 bits per heavy atom. The third-order valence-corrected chi connectivity index (χ3v) is 6.46. The number of carbonyl (C=O) groups excluding carboxylic acids is 2. The molecule has 1 aliphatic heterocycles. The summed E-state index contributed by atoms with van der Waals surface area (Å²) in [6, 6.07) is 11.3. The maximum atomic E-state index is 12.5. The van der Waals surface area contributed by atoms with E-state index in [0.29, 0.717) is 30.4 Å². The summed E-state index contributed by atoms with van der Waals surface area (Å²) in [5.74, 6) is 1.06. The lowest BCUT2D eigenvalue weighted by atomic mass is 10.1. The van der Waals surface area contributed by atoms with Crippen molar-refractivity contribution in [3.63, 3.8) is 0 Å². The lowest BCUT2D eigenvalue weighted by Gasteiger charge is -2.34. The molecule has 1 N–H and O–H groups in total. The number of aromatic nitrogens is 2. The average Bonchev–Trinajstić information content (AvgIpc) is 3.50. The number of carbonyl (C=O) groups is 2. The van der Waals surface area contributed by atoms with Crippen molar-refractivity contribution in [3.8, 4) is 10.7 Å². The molecule has 0 spiro atoms. The number of rotatable bonds is 8. The number of thiophene rings is 1. The van der Waals surface area contributed by atoms with E-state index in [1.807, 2.05) is 47.5 Å². The van der Waals surface area contributed by atoms with Crippen LogP contribution in [0.1, 0.15) is 28.2 Å². The van der Waals surface area contributed by atoms with Crippen LogP contribution >= 0.6 is 11.3 Å². The van der Waals surface area contributed by atoms with Crippen molar-refractivity contribution in [2.45, 2.75) is 19.8 Å². The molecule has 2 aromatic heterocycles. The highest BCUT2D eigenvalue weighted by molar-refractivity contribution is 7.13. The summed E-state index contributed by atoms with van der Waals surface area (Å²) in [6.07, 6.45) is 1.66. The number of benzene rings is 1. The van der Waals surface area contributed by atoms with Crippen LogP contribution in [0.5, 0.6) is 0 Å². The Hall–Kier alpha value is -3.04. The van der Waals surface area contributed by atoms with Crippen molar-refractivity contribution >= 4 is 23.2 Å². The predicted octanol–water partition coefficient (Wildman–Crippen LogP) is 2.61. The number of nitrogens with one attached hydrogen (secondary N) is 1. The van der Waals surface area contributed by atoms with Gasteiger partial charge >= 0.3 is 0 Å². The Morgan fingerprint density at radius 3 is 2.69 bits per heavy atom. The van der Waals surface area contributed by atoms with Crippen molar-refractivity contribution in [2.24, 2.45) is 0 Å². The van der Waals surface area contributed by atoms with Gasteiger partial charge in [0.25, 0.3) is 5.91 Å². The number of piperazine rings is 1. The molecule has 3 aromatic rings. The second kappa shape index (κ2) is 10.5. The van der Waals surface area contributed by atoms with Crippen LogP contribution in [0, 0.1) is 6.92 Å². The van der Waals surface area contributed by atoms with E-state index < -0.39 is 0 Å². The zero-order valence-electron chi connectivity index (χ0n) is 18.1. The molecule has 0 saturated carbocycles. The van der Waals surface area contributed by atoms with Crippen LogP contribution in [-0.2, 0) is 11.2 Å². The Kier molecular flexibility index (Phi) is 7.28. The molecule has 3 heterocycles. The zero-order valence-corrected chi connectivity index (χ0v) is 18.9. The van der Waals surface area contributed by atoms with Crippen LogP contribution in [0.2, 0.25) is 0 Å². The second-order valence-electron chi connectivity index (χ2n) is 7.81. The Balaban J connectivity index is 1.15. The SMILES string of the molecule is Cc1ccccc1C(=O)NCC(=O)N1CCN(CCCc2nc(-c3cccs3)no2)CC1. The molecule has 0 aliphatic carbocycles. The third-order valence-electron chi connectivity index (χ3n) is 5.59. The molecule has 1 aromatic carbocycles. The van der Waals surface area contributed by atoms with Crippen LogP contribution < -0.4 is 5.32 Å². The van der Waals surface area contributed by atoms with Gasteiger partial charge in [0.05, 0.1) is 11.4 Å². The average molecular weight is 454 g/mol. The fraction of sp³-hybridized carbons (Fsp3) is 0.391. The van der Waals surface area contributed by atoms with Crippen LogP contribution in [0.15, 0.2) is 46.3 Å². The van der Waals surface area contributed by atoms with Crippen LogP contribution in [0.4, 0.5) is 0 Å². The van der Waals surface area contributed by atoms with Crippen LogP contribution in [0.25, 0.3) is 10.7 Å². The topological polar surface area (TPSA) is 91.6 Å². The van der Waals surface area contributed by atoms with E-state index in [0.717, 1.165) is 42.9 Å². The first-order valence-corrected chi connectivity index (χ1v) is 11.7. The number of hydrogen-bond donors (Lipinski definition) is 1. The summed E-state index contributed by atoms with van der Waals surface area (Å²) >= 11 is 1.59. The van der Waals surface area contributed by atoms with Gasteiger partial charge in [0.1, 0.15) is 0 Å². The quantitative estimate of drug-likeness (QED) is 0.564. The first-order chi connectivity index (χ1) is 15.6. The van der Waals surface area contributed by atoms with E-state index in [1.54, 1.807) is 17.4 Å². The molecule has 2 amide bonds. The zero-order chi connectivity index (χ0) is 22.3. The first kappa shape index (κ1) is 22.2. The smallest absolute Gasteiger partial charge is 0.251 e. The maximum Gasteiger partial charge on any atom is 0.251 e. The molecule has 32 heavy (non-hydrogen) atoms. The van der Waals surface area contributed by atoms with E-state index >= 15 is 0 Å². The van der Waals surface area contributed by atoms with Crippen molar-refractivity contribution in [2.75, 3.05) is 39.3 Å². The molecule has 8 nitrogen and oxygen atoms in total. The number of aryl methyl sites for hydroxylation is 2. The first-order valence-electron chi connectivity index (χ1n) is 10.8. The molecular formula is C23H27N5O3S.